The standard InChI is InChI=1S/C32H28F3N3O8/c1-43-32(42)38(23-8-6-19(14-21(23)34)45-26-10-5-18(33)13-22(26)35)24-7-4-17-15-37(25-9-11-27(39)36-30(25)40)31(41)28(17)29(24)46-20-3-2-12-44-16-20/h4-8,10,13-14,20,25H,2-3,9,11-12,15-16H2,1H3,(H,36,39,40)/t20-,25?/m1/s1. The number of benzene rings is 3. The molecule has 4 amide bonds. The van der Waals surface area contributed by atoms with Crippen LogP contribution in [0.5, 0.6) is 17.2 Å². The molecule has 14 heteroatoms. The number of imide groups is 1. The summed E-state index contributed by atoms with van der Waals surface area (Å²) in [6.07, 6.45) is -0.0760. The molecule has 2 saturated heterocycles. The molecular formula is C32H28F3N3O8. The van der Waals surface area contributed by atoms with Gasteiger partial charge in [-0.2, -0.15) is 0 Å². The van der Waals surface area contributed by atoms with Gasteiger partial charge in [-0.3, -0.25) is 19.7 Å². The van der Waals surface area contributed by atoms with E-state index in [1.807, 2.05) is 0 Å². The second-order valence-corrected chi connectivity index (χ2v) is 10.9. The van der Waals surface area contributed by atoms with Crippen molar-refractivity contribution >= 4 is 35.2 Å². The van der Waals surface area contributed by atoms with Crippen LogP contribution in [0, 0.1) is 17.5 Å². The maximum Gasteiger partial charge on any atom is 0.418 e. The number of halogens is 3. The van der Waals surface area contributed by atoms with Gasteiger partial charge in [0.1, 0.15) is 23.7 Å². The van der Waals surface area contributed by atoms with Gasteiger partial charge < -0.3 is 23.8 Å². The number of hydrogen-bond acceptors (Lipinski definition) is 8. The molecule has 0 saturated carbocycles. The fourth-order valence-electron chi connectivity index (χ4n) is 5.71. The van der Waals surface area contributed by atoms with E-state index in [0.29, 0.717) is 31.1 Å². The molecule has 46 heavy (non-hydrogen) atoms. The van der Waals surface area contributed by atoms with Crippen LogP contribution < -0.4 is 19.7 Å². The van der Waals surface area contributed by atoms with Crippen LogP contribution in [0.25, 0.3) is 0 Å². The number of nitrogens with one attached hydrogen (secondary N) is 1. The van der Waals surface area contributed by atoms with Gasteiger partial charge in [0.05, 0.1) is 30.7 Å². The molecule has 0 bridgehead atoms. The summed E-state index contributed by atoms with van der Waals surface area (Å²) in [6, 6.07) is 8.18. The number of carbonyl (C=O) groups excluding carboxylic acids is 4. The number of nitrogens with zero attached hydrogens (tertiary/aromatic N) is 2. The molecule has 1 unspecified atom stereocenters. The fourth-order valence-corrected chi connectivity index (χ4v) is 5.71. The van der Waals surface area contributed by atoms with Crippen LogP contribution in [0.3, 0.4) is 0 Å². The Morgan fingerprint density at radius 3 is 2.50 bits per heavy atom. The van der Waals surface area contributed by atoms with Crippen molar-refractivity contribution in [1.29, 1.82) is 0 Å². The molecule has 0 aliphatic carbocycles. The van der Waals surface area contributed by atoms with Gasteiger partial charge in [0.15, 0.2) is 23.1 Å². The van der Waals surface area contributed by atoms with E-state index < -0.39 is 53.4 Å². The lowest BCUT2D eigenvalue weighted by molar-refractivity contribution is -0.136. The molecule has 11 nitrogen and oxygen atoms in total. The molecule has 3 aliphatic rings. The summed E-state index contributed by atoms with van der Waals surface area (Å²) >= 11 is 0. The van der Waals surface area contributed by atoms with E-state index in [1.54, 1.807) is 6.07 Å². The summed E-state index contributed by atoms with van der Waals surface area (Å²) in [5.41, 5.74) is 0.247. The average molecular weight is 640 g/mol. The molecule has 3 aromatic carbocycles. The number of fused-ring (bicyclic) bond motifs is 1. The minimum absolute atomic E-state index is 0.0215. The fraction of sp³-hybridized carbons (Fsp3) is 0.312. The summed E-state index contributed by atoms with van der Waals surface area (Å²) in [4.78, 5) is 53.9. The first kappa shape index (κ1) is 30.9. The molecule has 1 N–H and O–H groups in total. The summed E-state index contributed by atoms with van der Waals surface area (Å²) in [5.74, 6) is -4.90. The topological polar surface area (TPSA) is 124 Å². The molecule has 240 valence electrons. The third-order valence-corrected chi connectivity index (χ3v) is 7.91. The van der Waals surface area contributed by atoms with Gasteiger partial charge in [0.25, 0.3) is 5.91 Å². The lowest BCUT2D eigenvalue weighted by Crippen LogP contribution is -2.52. The first-order valence-corrected chi connectivity index (χ1v) is 14.5. The van der Waals surface area contributed by atoms with Crippen molar-refractivity contribution in [3.63, 3.8) is 0 Å². The molecule has 3 aliphatic heterocycles. The Morgan fingerprint density at radius 1 is 1.00 bits per heavy atom. The van der Waals surface area contributed by atoms with E-state index in [2.05, 4.69) is 5.32 Å². The second kappa shape index (κ2) is 12.7. The first-order valence-electron chi connectivity index (χ1n) is 14.5. The number of piperidine rings is 1. The predicted octanol–water partition coefficient (Wildman–Crippen LogP) is 5.12. The molecule has 0 radical (unpaired) electrons. The number of carbonyl (C=O) groups is 4. The molecular weight excluding hydrogens is 611 g/mol. The maximum atomic E-state index is 15.8. The van der Waals surface area contributed by atoms with Crippen LogP contribution in [-0.2, 0) is 25.6 Å². The predicted molar refractivity (Wildman–Crippen MR) is 154 cm³/mol. The van der Waals surface area contributed by atoms with Gasteiger partial charge in [-0.05, 0) is 55.2 Å². The summed E-state index contributed by atoms with van der Waals surface area (Å²) in [5, 5.41) is 2.26. The van der Waals surface area contributed by atoms with Gasteiger partial charge >= 0.3 is 6.09 Å². The summed E-state index contributed by atoms with van der Waals surface area (Å²) in [6.45, 7) is 0.765. The van der Waals surface area contributed by atoms with Crippen LogP contribution in [0.15, 0.2) is 48.5 Å². The third kappa shape index (κ3) is 5.95. The van der Waals surface area contributed by atoms with Crippen molar-refractivity contribution in [2.75, 3.05) is 25.2 Å². The largest absolute Gasteiger partial charge is 0.485 e. The molecule has 0 spiro atoms. The Bertz CT molecular complexity index is 1730. The second-order valence-electron chi connectivity index (χ2n) is 10.9. The number of anilines is 2. The van der Waals surface area contributed by atoms with Crippen LogP contribution in [0.1, 0.15) is 41.6 Å². The highest BCUT2D eigenvalue weighted by Gasteiger charge is 2.42. The van der Waals surface area contributed by atoms with Crippen molar-refractivity contribution < 1.29 is 51.3 Å². The van der Waals surface area contributed by atoms with Crippen molar-refractivity contribution in [3.8, 4) is 17.2 Å². The highest BCUT2D eigenvalue weighted by atomic mass is 19.1. The smallest absolute Gasteiger partial charge is 0.418 e. The number of ether oxygens (including phenoxy) is 4. The molecule has 3 heterocycles. The molecule has 3 aromatic rings. The SMILES string of the molecule is COC(=O)N(c1ccc(Oc2ccc(F)cc2F)cc1F)c1ccc2c(c1O[C@@H]1CCCOC1)C(=O)N(C1CCC(=O)NC1=O)C2. The number of methoxy groups -OCH3 is 1. The Hall–Kier alpha value is -5.11. The summed E-state index contributed by atoms with van der Waals surface area (Å²) in [7, 11) is 1.10. The highest BCUT2D eigenvalue weighted by Crippen LogP contribution is 2.44. The Balaban J connectivity index is 1.40. The number of amides is 4. The van der Waals surface area contributed by atoms with Gasteiger partial charge in [-0.25, -0.2) is 22.9 Å². The lowest BCUT2D eigenvalue weighted by Gasteiger charge is -2.30. The third-order valence-electron chi connectivity index (χ3n) is 7.91. The number of hydrogen-bond donors (Lipinski definition) is 1. The van der Waals surface area contributed by atoms with Crippen LogP contribution in [0.4, 0.5) is 29.3 Å². The zero-order chi connectivity index (χ0) is 32.5. The van der Waals surface area contributed by atoms with Gasteiger partial charge in [-0.15, -0.1) is 0 Å². The van der Waals surface area contributed by atoms with E-state index in [9.17, 15) is 28.0 Å². The van der Waals surface area contributed by atoms with Gasteiger partial charge in [0.2, 0.25) is 11.8 Å². The minimum atomic E-state index is -1.02. The Labute approximate surface area is 260 Å². The normalized spacial score (nSPS) is 19.4. The van der Waals surface area contributed by atoms with E-state index in [1.165, 1.54) is 23.1 Å². The van der Waals surface area contributed by atoms with Crippen LogP contribution in [-0.4, -0.2) is 61.2 Å². The van der Waals surface area contributed by atoms with Crippen LogP contribution in [0.2, 0.25) is 0 Å². The van der Waals surface area contributed by atoms with Gasteiger partial charge in [-0.1, -0.05) is 6.07 Å². The van der Waals surface area contributed by atoms with Crippen molar-refractivity contribution in [3.05, 3.63) is 77.1 Å². The van der Waals surface area contributed by atoms with Crippen molar-refractivity contribution in [2.24, 2.45) is 0 Å². The lowest BCUT2D eigenvalue weighted by atomic mass is 10.0. The van der Waals surface area contributed by atoms with Crippen molar-refractivity contribution in [1.82, 2.24) is 10.2 Å². The molecule has 2 fully saturated rings. The van der Waals surface area contributed by atoms with E-state index in [4.69, 9.17) is 18.9 Å². The summed E-state index contributed by atoms with van der Waals surface area (Å²) < 4.78 is 65.6. The molecule has 2 atom stereocenters. The molecule has 0 aromatic heterocycles. The van der Waals surface area contributed by atoms with E-state index in [-0.39, 0.29) is 60.2 Å². The monoisotopic (exact) mass is 639 g/mol. The van der Waals surface area contributed by atoms with E-state index in [0.717, 1.165) is 30.2 Å². The zero-order valence-electron chi connectivity index (χ0n) is 24.5. The Morgan fingerprint density at radius 2 is 1.80 bits per heavy atom. The average Bonchev–Trinajstić information content (AvgIpc) is 3.37. The quantitative estimate of drug-likeness (QED) is 0.354. The molecule has 6 rings (SSSR count). The number of rotatable bonds is 7. The highest BCUT2D eigenvalue weighted by molar-refractivity contribution is 6.09. The van der Waals surface area contributed by atoms with Crippen molar-refractivity contribution in [2.45, 2.75) is 44.4 Å². The minimum Gasteiger partial charge on any atom is -0.485 e. The first-order chi connectivity index (χ1) is 22.1. The van der Waals surface area contributed by atoms with Gasteiger partial charge in [0, 0.05) is 31.7 Å². The Kier molecular flexibility index (Phi) is 8.54. The maximum absolute atomic E-state index is 15.8. The van der Waals surface area contributed by atoms with E-state index >= 15 is 4.39 Å². The zero-order valence-corrected chi connectivity index (χ0v) is 24.5. The van der Waals surface area contributed by atoms with Crippen LogP contribution >= 0.6 is 0 Å².